The number of hydrogen-bond acceptors (Lipinski definition) is 4. The minimum absolute atomic E-state index is 0.690. The van der Waals surface area contributed by atoms with Crippen molar-refractivity contribution in [2.45, 2.75) is 0 Å². The van der Waals surface area contributed by atoms with Gasteiger partial charge in [-0.25, -0.2) is 0 Å². The first-order chi connectivity index (χ1) is 5.38. The topological polar surface area (TPSA) is 50.2 Å². The van der Waals surface area contributed by atoms with Crippen molar-refractivity contribution in [1.82, 2.24) is 15.4 Å². The molecule has 0 unspecified atom stereocenters. The molecule has 1 aliphatic rings. The van der Waals surface area contributed by atoms with Crippen LogP contribution in [0.1, 0.15) is 11.4 Å². The zero-order valence-electron chi connectivity index (χ0n) is 5.78. The summed E-state index contributed by atoms with van der Waals surface area (Å²) in [5.74, 6) is 0. The van der Waals surface area contributed by atoms with E-state index in [2.05, 4.69) is 27.1 Å². The second kappa shape index (κ2) is 2.16. The zero-order valence-corrected chi connectivity index (χ0v) is 5.78. The number of nitrogens with zero attached hydrogens (tertiary/aromatic N) is 3. The Bertz CT molecular complexity index is 329. The smallest absolute Gasteiger partial charge is 0.115 e. The van der Waals surface area contributed by atoms with Crippen LogP contribution in [0.4, 0.5) is 0 Å². The Labute approximate surface area is 63.7 Å². The monoisotopic (exact) mass is 146 g/mol. The molecule has 0 aromatic carbocycles. The maximum atomic E-state index is 4.08. The van der Waals surface area contributed by atoms with Gasteiger partial charge in [-0.05, 0) is 0 Å². The number of hydrazone groups is 1. The summed E-state index contributed by atoms with van der Waals surface area (Å²) in [7, 11) is 0. The van der Waals surface area contributed by atoms with Crippen LogP contribution in [0.15, 0.2) is 24.1 Å². The highest BCUT2D eigenvalue weighted by atomic mass is 15.3. The first-order valence-electron chi connectivity index (χ1n) is 3.17. The van der Waals surface area contributed by atoms with E-state index in [0.29, 0.717) is 5.70 Å². The van der Waals surface area contributed by atoms with E-state index in [1.54, 1.807) is 18.6 Å². The fourth-order valence-corrected chi connectivity index (χ4v) is 0.900. The van der Waals surface area contributed by atoms with Crippen LogP contribution in [0.2, 0.25) is 0 Å². The van der Waals surface area contributed by atoms with Crippen molar-refractivity contribution >= 4 is 11.9 Å². The molecule has 0 fully saturated rings. The second-order valence-corrected chi connectivity index (χ2v) is 2.14. The van der Waals surface area contributed by atoms with E-state index in [9.17, 15) is 0 Å². The highest BCUT2D eigenvalue weighted by Crippen LogP contribution is 2.10. The molecule has 2 heterocycles. The van der Waals surface area contributed by atoms with Gasteiger partial charge in [0.2, 0.25) is 0 Å². The van der Waals surface area contributed by atoms with Crippen LogP contribution >= 0.6 is 0 Å². The fourth-order valence-electron chi connectivity index (χ4n) is 0.900. The highest BCUT2D eigenvalue weighted by molar-refractivity contribution is 5.86. The molecule has 2 rings (SSSR count). The molecule has 0 radical (unpaired) electrons. The predicted octanol–water partition coefficient (Wildman–Crippen LogP) is 0.384. The van der Waals surface area contributed by atoms with Crippen molar-refractivity contribution in [3.05, 3.63) is 30.4 Å². The molecule has 0 saturated heterocycles. The molecule has 0 atom stereocenters. The maximum Gasteiger partial charge on any atom is 0.115 e. The lowest BCUT2D eigenvalue weighted by atomic mass is 10.2. The normalized spacial score (nSPS) is 14.0. The van der Waals surface area contributed by atoms with Crippen molar-refractivity contribution in [2.75, 3.05) is 0 Å². The van der Waals surface area contributed by atoms with Gasteiger partial charge in [-0.2, -0.15) is 5.10 Å². The van der Waals surface area contributed by atoms with Crippen LogP contribution in [0.5, 0.6) is 0 Å². The molecule has 11 heavy (non-hydrogen) atoms. The molecular formula is C7H6N4. The lowest BCUT2D eigenvalue weighted by molar-refractivity contribution is 0.954. The Morgan fingerprint density at radius 2 is 2.09 bits per heavy atom. The van der Waals surface area contributed by atoms with Crippen molar-refractivity contribution in [3.8, 4) is 0 Å². The maximum absolute atomic E-state index is 4.08. The van der Waals surface area contributed by atoms with Crippen molar-refractivity contribution in [3.63, 3.8) is 0 Å². The lowest BCUT2D eigenvalue weighted by Gasteiger charge is -2.09. The number of hydrogen-bond donors (Lipinski definition) is 1. The first kappa shape index (κ1) is 6.03. The average Bonchev–Trinajstić information content (AvgIpc) is 2.06. The first-order valence-corrected chi connectivity index (χ1v) is 3.17. The molecule has 54 valence electrons. The summed E-state index contributed by atoms with van der Waals surface area (Å²) in [5, 5.41) is 3.82. The fraction of sp³-hybridized carbons (Fsp3) is 0. The molecule has 0 amide bonds. The second-order valence-electron chi connectivity index (χ2n) is 2.14. The van der Waals surface area contributed by atoms with Gasteiger partial charge in [-0.3, -0.25) is 15.4 Å². The van der Waals surface area contributed by atoms with Crippen LogP contribution in [-0.4, -0.2) is 16.2 Å². The molecular weight excluding hydrogens is 140 g/mol. The Kier molecular flexibility index (Phi) is 1.18. The van der Waals surface area contributed by atoms with E-state index in [0.717, 1.165) is 11.4 Å². The molecule has 4 nitrogen and oxygen atoms in total. The summed E-state index contributed by atoms with van der Waals surface area (Å²) in [6, 6.07) is 0. The number of fused-ring (bicyclic) bond motifs is 1. The van der Waals surface area contributed by atoms with E-state index < -0.39 is 0 Å². The summed E-state index contributed by atoms with van der Waals surface area (Å²) in [5.41, 5.74) is 4.93. The summed E-state index contributed by atoms with van der Waals surface area (Å²) in [6.45, 7) is 3.73. The number of nitrogens with one attached hydrogen (secondary N) is 1. The van der Waals surface area contributed by atoms with E-state index in [-0.39, 0.29) is 0 Å². The summed E-state index contributed by atoms with van der Waals surface area (Å²) in [6.07, 6.45) is 4.88. The minimum Gasteiger partial charge on any atom is -0.277 e. The lowest BCUT2D eigenvalue weighted by Crippen LogP contribution is -2.14. The van der Waals surface area contributed by atoms with Crippen molar-refractivity contribution in [1.29, 1.82) is 0 Å². The molecule has 0 aliphatic carbocycles. The van der Waals surface area contributed by atoms with Gasteiger partial charge in [0.1, 0.15) is 11.4 Å². The van der Waals surface area contributed by atoms with Crippen LogP contribution in [0.25, 0.3) is 5.70 Å². The molecule has 4 heteroatoms. The minimum atomic E-state index is 0.690. The Hall–Kier alpha value is -1.71. The molecule has 1 aliphatic heterocycles. The predicted molar refractivity (Wildman–Crippen MR) is 41.8 cm³/mol. The van der Waals surface area contributed by atoms with Gasteiger partial charge in [-0.15, -0.1) is 0 Å². The third-order valence-corrected chi connectivity index (χ3v) is 1.40. The Morgan fingerprint density at radius 1 is 1.27 bits per heavy atom. The molecule has 0 bridgehead atoms. The quantitative estimate of drug-likeness (QED) is 0.575. The molecule has 1 aromatic heterocycles. The van der Waals surface area contributed by atoms with E-state index >= 15 is 0 Å². The number of aromatic nitrogens is 2. The molecule has 1 aromatic rings. The third kappa shape index (κ3) is 0.881. The van der Waals surface area contributed by atoms with Gasteiger partial charge < -0.3 is 0 Å². The van der Waals surface area contributed by atoms with Gasteiger partial charge in [0.25, 0.3) is 0 Å². The van der Waals surface area contributed by atoms with Gasteiger partial charge in [0.15, 0.2) is 0 Å². The van der Waals surface area contributed by atoms with Gasteiger partial charge in [0.05, 0.1) is 11.9 Å². The van der Waals surface area contributed by atoms with E-state index in [4.69, 9.17) is 0 Å². The highest BCUT2D eigenvalue weighted by Gasteiger charge is 2.09. The summed E-state index contributed by atoms with van der Waals surface area (Å²) >= 11 is 0. The Morgan fingerprint density at radius 3 is 2.91 bits per heavy atom. The average molecular weight is 146 g/mol. The third-order valence-electron chi connectivity index (χ3n) is 1.40. The largest absolute Gasteiger partial charge is 0.277 e. The molecule has 0 spiro atoms. The molecule has 1 N–H and O–H groups in total. The molecule has 0 saturated carbocycles. The van der Waals surface area contributed by atoms with Crippen LogP contribution in [0.3, 0.4) is 0 Å². The number of rotatable bonds is 0. The zero-order chi connectivity index (χ0) is 7.68. The van der Waals surface area contributed by atoms with Gasteiger partial charge in [-0.1, -0.05) is 6.58 Å². The van der Waals surface area contributed by atoms with Gasteiger partial charge >= 0.3 is 0 Å². The van der Waals surface area contributed by atoms with E-state index in [1.807, 2.05) is 0 Å². The van der Waals surface area contributed by atoms with Gasteiger partial charge in [0, 0.05) is 12.4 Å². The summed E-state index contributed by atoms with van der Waals surface area (Å²) in [4.78, 5) is 8.14. The van der Waals surface area contributed by atoms with Crippen LogP contribution in [0, 0.1) is 0 Å². The van der Waals surface area contributed by atoms with Crippen molar-refractivity contribution < 1.29 is 0 Å². The SMILES string of the molecule is C=C1NN=Cc2nccnc21. The van der Waals surface area contributed by atoms with Crippen LogP contribution < -0.4 is 5.43 Å². The Balaban J connectivity index is 2.63. The van der Waals surface area contributed by atoms with Crippen molar-refractivity contribution in [2.24, 2.45) is 5.10 Å². The summed E-state index contributed by atoms with van der Waals surface area (Å²) < 4.78 is 0. The van der Waals surface area contributed by atoms with Crippen LogP contribution in [-0.2, 0) is 0 Å². The standard InChI is InChI=1S/C7H6N4/c1-5-7-6(4-10-11-5)8-2-3-9-7/h2-4,11H,1H2. The van der Waals surface area contributed by atoms with E-state index in [1.165, 1.54) is 0 Å².